The Hall–Kier alpha value is -3.97. The van der Waals surface area contributed by atoms with Gasteiger partial charge in [-0.3, -0.25) is 9.59 Å². The van der Waals surface area contributed by atoms with Crippen LogP contribution >= 0.6 is 0 Å². The Morgan fingerprint density at radius 1 is 1.05 bits per heavy atom. The highest BCUT2D eigenvalue weighted by Crippen LogP contribution is 2.31. The minimum atomic E-state index is -0.140. The van der Waals surface area contributed by atoms with Crippen molar-refractivity contribution in [2.75, 3.05) is 25.5 Å². The summed E-state index contributed by atoms with van der Waals surface area (Å²) in [5, 5.41) is 2.99. The summed E-state index contributed by atoms with van der Waals surface area (Å²) in [6, 6.07) is 23.6. The Morgan fingerprint density at radius 2 is 1.78 bits per heavy atom. The molecular formula is C30H32N4O3. The van der Waals surface area contributed by atoms with E-state index in [2.05, 4.69) is 17.4 Å². The van der Waals surface area contributed by atoms with Crippen LogP contribution in [0.3, 0.4) is 0 Å². The predicted octanol–water partition coefficient (Wildman–Crippen LogP) is 4.92. The Bertz CT molecular complexity index is 1400. The Balaban J connectivity index is 1.47. The van der Waals surface area contributed by atoms with Gasteiger partial charge in [0.2, 0.25) is 5.91 Å². The Kier molecular flexibility index (Phi) is 7.32. The minimum Gasteiger partial charge on any atom is -0.377 e. The topological polar surface area (TPSA) is 76.5 Å². The van der Waals surface area contributed by atoms with E-state index in [0.717, 1.165) is 29.7 Å². The summed E-state index contributed by atoms with van der Waals surface area (Å²) in [6.07, 6.45) is 2.26. The highest BCUT2D eigenvalue weighted by atomic mass is 16.5. The molecule has 5 rings (SSSR count). The molecule has 1 N–H and O–H groups in total. The van der Waals surface area contributed by atoms with Crippen LogP contribution in [0.25, 0.3) is 11.0 Å². The molecule has 7 nitrogen and oxygen atoms in total. The second kappa shape index (κ2) is 11.0. The zero-order chi connectivity index (χ0) is 25.8. The molecule has 1 fully saturated rings. The number of imidazole rings is 1. The lowest BCUT2D eigenvalue weighted by molar-refractivity contribution is -0.115. The molecule has 0 spiro atoms. The van der Waals surface area contributed by atoms with Gasteiger partial charge in [0.25, 0.3) is 5.91 Å². The number of rotatable bonds is 7. The van der Waals surface area contributed by atoms with Gasteiger partial charge in [-0.25, -0.2) is 4.98 Å². The fraction of sp³-hybridized carbons (Fsp3) is 0.300. The molecule has 37 heavy (non-hydrogen) atoms. The van der Waals surface area contributed by atoms with Gasteiger partial charge in [0.1, 0.15) is 12.4 Å². The van der Waals surface area contributed by atoms with Crippen molar-refractivity contribution in [3.8, 4) is 0 Å². The van der Waals surface area contributed by atoms with Crippen molar-refractivity contribution < 1.29 is 14.3 Å². The van der Waals surface area contributed by atoms with Crippen LogP contribution in [0.4, 0.5) is 5.69 Å². The first-order chi connectivity index (χ1) is 18.0. The zero-order valence-corrected chi connectivity index (χ0v) is 21.3. The van der Waals surface area contributed by atoms with Gasteiger partial charge in [-0.1, -0.05) is 60.7 Å². The van der Waals surface area contributed by atoms with Gasteiger partial charge in [-0.05, 0) is 36.1 Å². The first-order valence-electron chi connectivity index (χ1n) is 12.7. The van der Waals surface area contributed by atoms with Crippen molar-refractivity contribution in [3.05, 3.63) is 95.3 Å². The van der Waals surface area contributed by atoms with Crippen molar-refractivity contribution in [3.63, 3.8) is 0 Å². The molecule has 2 amide bonds. The molecule has 1 aliphatic rings. The second-order valence-electron chi connectivity index (χ2n) is 9.62. The maximum atomic E-state index is 14.0. The van der Waals surface area contributed by atoms with E-state index < -0.39 is 0 Å². The lowest BCUT2D eigenvalue weighted by atomic mass is 9.90. The first-order valence-corrected chi connectivity index (χ1v) is 12.7. The number of ether oxygens (including phenoxy) is 1. The van der Waals surface area contributed by atoms with Crippen LogP contribution in [0.15, 0.2) is 72.8 Å². The molecule has 1 aromatic heterocycles. The SMILES string of the molecule is COCc1nc2cc(NC(=O)Cc3ccccc3)cc(C(=O)N3CCC[C@H](c4ccccc4)C3)c2n1C. The third-order valence-electron chi connectivity index (χ3n) is 7.04. The third-order valence-corrected chi connectivity index (χ3v) is 7.04. The van der Waals surface area contributed by atoms with E-state index in [0.29, 0.717) is 42.4 Å². The van der Waals surface area contributed by atoms with Crippen molar-refractivity contribution in [1.82, 2.24) is 14.5 Å². The Morgan fingerprint density at radius 3 is 2.51 bits per heavy atom. The zero-order valence-electron chi connectivity index (χ0n) is 21.3. The lowest BCUT2D eigenvalue weighted by Crippen LogP contribution is -2.39. The van der Waals surface area contributed by atoms with Crippen LogP contribution in [-0.4, -0.2) is 46.5 Å². The predicted molar refractivity (Wildman–Crippen MR) is 145 cm³/mol. The molecule has 0 bridgehead atoms. The van der Waals surface area contributed by atoms with Gasteiger partial charge in [0.05, 0.1) is 23.0 Å². The first kappa shape index (κ1) is 24.7. The number of nitrogens with zero attached hydrogens (tertiary/aromatic N) is 3. The fourth-order valence-corrected chi connectivity index (χ4v) is 5.21. The molecule has 190 valence electrons. The summed E-state index contributed by atoms with van der Waals surface area (Å²) in [7, 11) is 3.52. The molecule has 7 heteroatoms. The Labute approximate surface area is 217 Å². The standard InChI is InChI=1S/C30H32N4O3/c1-33-27(20-37-2)32-26-18-24(31-28(35)16-21-10-5-3-6-11-21)17-25(29(26)33)30(36)34-15-9-14-23(19-34)22-12-7-4-8-13-22/h3-8,10-13,17-18,23H,9,14-16,19-20H2,1-2H3,(H,31,35)/t23-/m0/s1. The lowest BCUT2D eigenvalue weighted by Gasteiger charge is -2.33. The van der Waals surface area contributed by atoms with Gasteiger partial charge in [0, 0.05) is 38.9 Å². The molecule has 0 saturated carbocycles. The van der Waals surface area contributed by atoms with Crippen molar-refractivity contribution in [2.24, 2.45) is 7.05 Å². The summed E-state index contributed by atoms with van der Waals surface area (Å²) in [5.74, 6) is 0.842. The number of hydrogen-bond donors (Lipinski definition) is 1. The van der Waals surface area contributed by atoms with E-state index in [1.54, 1.807) is 13.2 Å². The number of hydrogen-bond acceptors (Lipinski definition) is 4. The van der Waals surface area contributed by atoms with Gasteiger partial charge >= 0.3 is 0 Å². The molecule has 1 aliphatic heterocycles. The number of benzene rings is 3. The quantitative estimate of drug-likeness (QED) is 0.394. The van der Waals surface area contributed by atoms with Crippen LogP contribution in [0.2, 0.25) is 0 Å². The molecule has 2 heterocycles. The van der Waals surface area contributed by atoms with Crippen molar-refractivity contribution in [2.45, 2.75) is 31.8 Å². The number of likely N-dealkylation sites (tertiary alicyclic amines) is 1. The summed E-state index contributed by atoms with van der Waals surface area (Å²) < 4.78 is 7.25. The summed E-state index contributed by atoms with van der Waals surface area (Å²) in [4.78, 5) is 33.5. The van der Waals surface area contributed by atoms with E-state index in [1.165, 1.54) is 5.56 Å². The largest absolute Gasteiger partial charge is 0.377 e. The highest BCUT2D eigenvalue weighted by Gasteiger charge is 2.28. The summed E-state index contributed by atoms with van der Waals surface area (Å²) in [6.45, 7) is 1.70. The number of fused-ring (bicyclic) bond motifs is 1. The number of amides is 2. The van der Waals surface area contributed by atoms with Crippen molar-refractivity contribution in [1.29, 1.82) is 0 Å². The number of anilines is 1. The number of aromatic nitrogens is 2. The average Bonchev–Trinajstić information content (AvgIpc) is 3.24. The van der Waals surface area contributed by atoms with Gasteiger partial charge < -0.3 is 19.5 Å². The van der Waals surface area contributed by atoms with E-state index in [-0.39, 0.29) is 18.2 Å². The molecule has 1 saturated heterocycles. The number of carbonyl (C=O) groups is 2. The minimum absolute atomic E-state index is 0.0447. The van der Waals surface area contributed by atoms with E-state index in [1.807, 2.05) is 71.1 Å². The fourth-order valence-electron chi connectivity index (χ4n) is 5.21. The van der Waals surface area contributed by atoms with Crippen LogP contribution in [0.5, 0.6) is 0 Å². The number of piperidine rings is 1. The van der Waals surface area contributed by atoms with Crippen LogP contribution in [0.1, 0.15) is 46.1 Å². The van der Waals surface area contributed by atoms with E-state index in [9.17, 15) is 9.59 Å². The monoisotopic (exact) mass is 496 g/mol. The molecule has 0 unspecified atom stereocenters. The maximum Gasteiger partial charge on any atom is 0.256 e. The van der Waals surface area contributed by atoms with Gasteiger partial charge in [0.15, 0.2) is 0 Å². The molecular weight excluding hydrogens is 464 g/mol. The normalized spacial score (nSPS) is 15.6. The number of carbonyl (C=O) groups excluding carboxylic acids is 2. The third kappa shape index (κ3) is 5.42. The van der Waals surface area contributed by atoms with E-state index in [4.69, 9.17) is 9.72 Å². The molecule has 0 aliphatic carbocycles. The molecule has 3 aromatic carbocycles. The smallest absolute Gasteiger partial charge is 0.256 e. The van der Waals surface area contributed by atoms with Crippen LogP contribution in [-0.2, 0) is 29.6 Å². The van der Waals surface area contributed by atoms with E-state index >= 15 is 0 Å². The number of methoxy groups -OCH3 is 1. The van der Waals surface area contributed by atoms with Gasteiger partial charge in [-0.15, -0.1) is 0 Å². The van der Waals surface area contributed by atoms with Crippen molar-refractivity contribution >= 4 is 28.5 Å². The number of nitrogens with one attached hydrogen (secondary N) is 1. The summed E-state index contributed by atoms with van der Waals surface area (Å²) >= 11 is 0. The van der Waals surface area contributed by atoms with Crippen LogP contribution < -0.4 is 5.32 Å². The molecule has 0 radical (unpaired) electrons. The van der Waals surface area contributed by atoms with Crippen LogP contribution in [0, 0.1) is 0 Å². The summed E-state index contributed by atoms with van der Waals surface area (Å²) in [5.41, 5.74) is 4.70. The molecule has 4 aromatic rings. The maximum absolute atomic E-state index is 14.0. The average molecular weight is 497 g/mol. The molecule has 1 atom stereocenters. The number of aryl methyl sites for hydroxylation is 1. The van der Waals surface area contributed by atoms with Gasteiger partial charge in [-0.2, -0.15) is 0 Å². The highest BCUT2D eigenvalue weighted by molar-refractivity contribution is 6.08. The second-order valence-corrected chi connectivity index (χ2v) is 9.62.